The van der Waals surface area contributed by atoms with Crippen LogP contribution in [0, 0.1) is 50.7 Å². The van der Waals surface area contributed by atoms with E-state index in [0.29, 0.717) is 44.9 Å². The Bertz CT molecular complexity index is 2400. The van der Waals surface area contributed by atoms with Crippen molar-refractivity contribution < 1.29 is 134 Å². The van der Waals surface area contributed by atoms with Gasteiger partial charge in [-0.3, -0.25) is 4.79 Å². The molecule has 5 aliphatic carbocycles. The molecular weight excluding hydrogens is 1140 g/mol. The standard InChI is InChI=1S/C59H96O27/c1-23-11-16-59(53(75)86-50-43(73)40(70)37(67)29(82-50)22-78-48-41(71)38(68)35(65)27(19-60)80-48)18-17-56(6)25(47(59)58(23,8)76)9-10-31-55(5)14-13-32(54(3,4)30(55)12-15-57(31,56)7)83-52-46(34(64)26(62)21-77-52)85-51-44(74)45(33(63)24(2)79-51)84-49-42(72)39(69)36(66)28(20-61)81-49/h9,23-24,26-52,60-74,76H,10-22H2,1-8H3/t23-,24-,26-,27-,28+,29+,30-,31+,32+,33+,34-,35+,36+,37-,38+,39-,40-,41-,42+,43-,44-,45+,46+,47-,48-,49+,50-,51+,52-,55-,56+,57+,58+,59+/m1/s1. The fourth-order valence-corrected chi connectivity index (χ4v) is 17.8. The lowest BCUT2D eigenvalue weighted by Crippen LogP contribution is -2.68. The highest BCUT2D eigenvalue weighted by Gasteiger charge is 2.72. The number of carbonyl (C=O) groups is 1. The van der Waals surface area contributed by atoms with E-state index in [1.807, 2.05) is 6.92 Å². The highest BCUT2D eigenvalue weighted by molar-refractivity contribution is 5.79. The van der Waals surface area contributed by atoms with E-state index in [0.717, 1.165) is 18.4 Å². The van der Waals surface area contributed by atoms with Gasteiger partial charge < -0.3 is 129 Å². The Morgan fingerprint density at radius 1 is 0.558 bits per heavy atom. The first-order valence-electron chi connectivity index (χ1n) is 30.8. The average Bonchev–Trinajstić information content (AvgIpc) is 0.745. The highest BCUT2D eigenvalue weighted by Crippen LogP contribution is 2.76. The van der Waals surface area contributed by atoms with E-state index in [2.05, 4.69) is 40.7 Å². The Kier molecular flexibility index (Phi) is 19.2. The summed E-state index contributed by atoms with van der Waals surface area (Å²) in [6.07, 6.45) is -32.2. The lowest BCUT2D eigenvalue weighted by molar-refractivity contribution is -0.382. The summed E-state index contributed by atoms with van der Waals surface area (Å²) in [7, 11) is 0. The Morgan fingerprint density at radius 3 is 1.77 bits per heavy atom. The minimum Gasteiger partial charge on any atom is -0.432 e. The second-order valence-electron chi connectivity index (χ2n) is 28.3. The van der Waals surface area contributed by atoms with Crippen LogP contribution in [0.3, 0.4) is 0 Å². The molecule has 0 radical (unpaired) electrons. The lowest BCUT2D eigenvalue weighted by Gasteiger charge is -2.72. The molecule has 0 aromatic heterocycles. The van der Waals surface area contributed by atoms with Gasteiger partial charge in [-0.05, 0) is 111 Å². The fraction of sp³-hybridized carbons (Fsp3) is 0.949. The first-order valence-corrected chi connectivity index (χ1v) is 30.8. The van der Waals surface area contributed by atoms with Crippen molar-refractivity contribution in [2.24, 2.45) is 50.7 Å². The molecule has 0 aromatic carbocycles. The van der Waals surface area contributed by atoms with Gasteiger partial charge in [0.25, 0.3) is 0 Å². The quantitative estimate of drug-likeness (QED) is 0.0482. The second kappa shape index (κ2) is 24.6. The minimum absolute atomic E-state index is 0.0627. The minimum atomic E-state index is -1.92. The predicted molar refractivity (Wildman–Crippen MR) is 289 cm³/mol. The molecule has 34 atom stereocenters. The Balaban J connectivity index is 0.851. The maximum absolute atomic E-state index is 15.2. The molecule has 0 bridgehead atoms. The van der Waals surface area contributed by atoms with Crippen LogP contribution in [0.25, 0.3) is 0 Å². The lowest BCUT2D eigenvalue weighted by atomic mass is 9.33. The Labute approximate surface area is 499 Å². The number of aliphatic hydroxyl groups excluding tert-OH is 15. The fourth-order valence-electron chi connectivity index (χ4n) is 17.8. The van der Waals surface area contributed by atoms with Crippen molar-refractivity contribution >= 4 is 5.97 Å². The molecule has 4 saturated carbocycles. The van der Waals surface area contributed by atoms with Gasteiger partial charge in [-0.2, -0.15) is 0 Å². The van der Waals surface area contributed by atoms with Crippen molar-refractivity contribution in [3.8, 4) is 0 Å². The SMILES string of the molecule is C[C@@H]1CC[C@]2(C(=O)O[C@H]3O[C@@H](CO[C@@H]4O[C@H](CO)[C@H](O)[C@H](O)[C@H]4O)[C@@H](O)[C@@H](O)[C@H]3O)CC[C@@]3(C)C(=CC[C@H]4[C@]5(C)CC[C@H](O[C@H]6OC[C@@H](O)[C@@H](O)[C@@H]6O[C@@H]6O[C@H](C)[C@H](O)[C@H](O[C@@H]7O[C@@H](CO)[C@H](O)[C@@H](O)[C@@H]7O)[C@H]6O)C(C)(C)[C@H]5CC[C@@]43C)[C@@H]2[C@@]1(C)O. The van der Waals surface area contributed by atoms with Crippen LogP contribution >= 0.6 is 0 Å². The molecule has 16 N–H and O–H groups in total. The number of hydrogen-bond acceptors (Lipinski definition) is 27. The van der Waals surface area contributed by atoms with E-state index in [1.54, 1.807) is 6.92 Å². The zero-order valence-electron chi connectivity index (χ0n) is 50.2. The summed E-state index contributed by atoms with van der Waals surface area (Å²) >= 11 is 0. The van der Waals surface area contributed by atoms with Gasteiger partial charge in [0.1, 0.15) is 110 Å². The molecule has 494 valence electrons. The number of allylic oxidation sites excluding steroid dienone is 1. The molecule has 5 aliphatic heterocycles. The van der Waals surface area contributed by atoms with E-state index >= 15 is 4.79 Å². The molecule has 0 amide bonds. The van der Waals surface area contributed by atoms with Crippen LogP contribution in [0.2, 0.25) is 0 Å². The van der Waals surface area contributed by atoms with Gasteiger partial charge in [0.2, 0.25) is 6.29 Å². The molecule has 0 aromatic rings. The molecule has 27 heteroatoms. The number of aliphatic hydroxyl groups is 16. The van der Waals surface area contributed by atoms with E-state index in [4.69, 9.17) is 47.4 Å². The number of carbonyl (C=O) groups excluding carboxylic acids is 1. The van der Waals surface area contributed by atoms with Gasteiger partial charge in [0.05, 0.1) is 49.7 Å². The van der Waals surface area contributed by atoms with Crippen molar-refractivity contribution in [3.63, 3.8) is 0 Å². The monoisotopic (exact) mass is 1240 g/mol. The number of rotatable bonds is 13. The van der Waals surface area contributed by atoms with Crippen LogP contribution < -0.4 is 0 Å². The zero-order chi connectivity index (χ0) is 62.9. The molecule has 5 saturated heterocycles. The van der Waals surface area contributed by atoms with Gasteiger partial charge >= 0.3 is 5.97 Å². The molecule has 10 aliphatic rings. The molecule has 27 nitrogen and oxygen atoms in total. The molecular formula is C59H96O27. The predicted octanol–water partition coefficient (Wildman–Crippen LogP) is -3.57. The summed E-state index contributed by atoms with van der Waals surface area (Å²) in [4.78, 5) is 15.2. The van der Waals surface area contributed by atoms with Crippen LogP contribution in [0.5, 0.6) is 0 Å². The van der Waals surface area contributed by atoms with Crippen LogP contribution in [-0.2, 0) is 52.2 Å². The number of fused-ring (bicyclic) bond motifs is 7. The molecule has 0 unspecified atom stereocenters. The van der Waals surface area contributed by atoms with Crippen molar-refractivity contribution in [2.75, 3.05) is 26.4 Å². The number of hydrogen-bond donors (Lipinski definition) is 16. The van der Waals surface area contributed by atoms with Crippen molar-refractivity contribution in [1.82, 2.24) is 0 Å². The van der Waals surface area contributed by atoms with Crippen LogP contribution in [0.15, 0.2) is 11.6 Å². The first-order chi connectivity index (χ1) is 40.2. The summed E-state index contributed by atoms with van der Waals surface area (Å²) < 4.78 is 59.6. The van der Waals surface area contributed by atoms with Gasteiger partial charge in [-0.1, -0.05) is 53.2 Å². The molecule has 86 heavy (non-hydrogen) atoms. The maximum Gasteiger partial charge on any atom is 0.315 e. The van der Waals surface area contributed by atoms with Crippen LogP contribution in [0.1, 0.15) is 113 Å². The van der Waals surface area contributed by atoms with E-state index in [-0.39, 0.29) is 35.2 Å². The molecule has 5 heterocycles. The van der Waals surface area contributed by atoms with Gasteiger partial charge in [-0.25, -0.2) is 0 Å². The maximum atomic E-state index is 15.2. The van der Waals surface area contributed by atoms with Crippen LogP contribution in [-0.4, -0.2) is 273 Å². The van der Waals surface area contributed by atoms with Crippen LogP contribution in [0.4, 0.5) is 0 Å². The zero-order valence-corrected chi connectivity index (χ0v) is 50.2. The third-order valence-electron chi connectivity index (χ3n) is 23.5. The summed E-state index contributed by atoms with van der Waals surface area (Å²) in [5.74, 6) is -1.58. The third kappa shape index (κ3) is 10.9. The Hall–Kier alpha value is -1.79. The smallest absolute Gasteiger partial charge is 0.315 e. The molecule has 9 fully saturated rings. The average molecular weight is 1240 g/mol. The van der Waals surface area contributed by atoms with E-state index in [1.165, 1.54) is 6.92 Å². The third-order valence-corrected chi connectivity index (χ3v) is 23.5. The molecule has 0 spiro atoms. The Morgan fingerprint density at radius 2 is 1.13 bits per heavy atom. The number of esters is 1. The first kappa shape index (κ1) is 67.1. The topological polar surface area (TPSA) is 433 Å². The highest BCUT2D eigenvalue weighted by atomic mass is 16.8. The van der Waals surface area contributed by atoms with Gasteiger partial charge in [0, 0.05) is 5.92 Å². The largest absolute Gasteiger partial charge is 0.432 e. The van der Waals surface area contributed by atoms with Gasteiger partial charge in [0.15, 0.2) is 25.2 Å². The van der Waals surface area contributed by atoms with Gasteiger partial charge in [-0.15, -0.1) is 0 Å². The van der Waals surface area contributed by atoms with E-state index < -0.39 is 207 Å². The van der Waals surface area contributed by atoms with Crippen molar-refractivity contribution in [1.29, 1.82) is 0 Å². The normalized spacial score (nSPS) is 55.6. The van der Waals surface area contributed by atoms with E-state index in [9.17, 15) is 81.7 Å². The molecule has 10 rings (SSSR count). The van der Waals surface area contributed by atoms with Crippen molar-refractivity contribution in [2.45, 2.75) is 272 Å². The number of ether oxygens (including phenoxy) is 10. The summed E-state index contributed by atoms with van der Waals surface area (Å²) in [6, 6.07) is 0. The van der Waals surface area contributed by atoms with Crippen molar-refractivity contribution in [3.05, 3.63) is 11.6 Å². The summed E-state index contributed by atoms with van der Waals surface area (Å²) in [5.41, 5.74) is -3.51. The summed E-state index contributed by atoms with van der Waals surface area (Å²) in [6.45, 7) is 14.0. The summed E-state index contributed by atoms with van der Waals surface area (Å²) in [5, 5.41) is 174. The second-order valence-corrected chi connectivity index (χ2v) is 28.3.